The molecule has 5 heteroatoms. The minimum atomic E-state index is 0.108. The molecule has 1 aliphatic rings. The normalized spacial score (nSPS) is 18.0. The van der Waals surface area contributed by atoms with Crippen LogP contribution >= 0.6 is 15.9 Å². The lowest BCUT2D eigenvalue weighted by Crippen LogP contribution is -2.33. The van der Waals surface area contributed by atoms with E-state index in [1.807, 2.05) is 0 Å². The van der Waals surface area contributed by atoms with E-state index < -0.39 is 0 Å². The molecule has 1 saturated heterocycles. The highest BCUT2D eigenvalue weighted by molar-refractivity contribution is 9.10. The van der Waals surface area contributed by atoms with Crippen LogP contribution in [-0.2, 0) is 0 Å². The van der Waals surface area contributed by atoms with Gasteiger partial charge in [-0.25, -0.2) is 10.9 Å². The molecule has 0 aliphatic carbocycles. The standard InChI is InChI=1S/C8H11BrN4/c1-5-2-3-6(4-7(5)9)8-10-12-13-11-8/h2-4,8,10-13H,1H3. The summed E-state index contributed by atoms with van der Waals surface area (Å²) in [4.78, 5) is 0. The van der Waals surface area contributed by atoms with E-state index in [0.717, 1.165) is 4.47 Å². The molecule has 0 spiro atoms. The Hall–Kier alpha value is -0.460. The van der Waals surface area contributed by atoms with Crippen molar-refractivity contribution in [3.63, 3.8) is 0 Å². The molecule has 4 nitrogen and oxygen atoms in total. The average Bonchev–Trinajstić information content (AvgIpc) is 2.62. The van der Waals surface area contributed by atoms with Crippen LogP contribution < -0.4 is 21.9 Å². The zero-order chi connectivity index (χ0) is 9.26. The summed E-state index contributed by atoms with van der Waals surface area (Å²) in [6.45, 7) is 2.07. The number of benzene rings is 1. The van der Waals surface area contributed by atoms with E-state index in [-0.39, 0.29) is 6.17 Å². The molecule has 0 bridgehead atoms. The predicted octanol–water partition coefficient (Wildman–Crippen LogP) is 0.873. The van der Waals surface area contributed by atoms with Crippen LogP contribution in [0, 0.1) is 6.92 Å². The maximum atomic E-state index is 3.50. The Balaban J connectivity index is 2.25. The van der Waals surface area contributed by atoms with Gasteiger partial charge in [0.25, 0.3) is 0 Å². The molecule has 1 aliphatic heterocycles. The van der Waals surface area contributed by atoms with E-state index in [0.29, 0.717) is 0 Å². The third-order valence-corrected chi connectivity index (χ3v) is 2.88. The van der Waals surface area contributed by atoms with Gasteiger partial charge >= 0.3 is 0 Å². The summed E-state index contributed by atoms with van der Waals surface area (Å²) in [7, 11) is 0. The van der Waals surface area contributed by atoms with Crippen LogP contribution in [0.5, 0.6) is 0 Å². The highest BCUT2D eigenvalue weighted by Crippen LogP contribution is 2.20. The monoisotopic (exact) mass is 242 g/mol. The number of nitrogens with one attached hydrogen (secondary N) is 4. The Morgan fingerprint density at radius 2 is 1.92 bits per heavy atom. The fourth-order valence-electron chi connectivity index (χ4n) is 1.21. The van der Waals surface area contributed by atoms with Crippen LogP contribution in [0.1, 0.15) is 17.3 Å². The minimum absolute atomic E-state index is 0.108. The van der Waals surface area contributed by atoms with E-state index in [1.54, 1.807) is 0 Å². The van der Waals surface area contributed by atoms with Crippen LogP contribution in [0.2, 0.25) is 0 Å². The molecule has 0 radical (unpaired) electrons. The van der Waals surface area contributed by atoms with Gasteiger partial charge in [0, 0.05) is 4.47 Å². The maximum Gasteiger partial charge on any atom is 0.111 e. The summed E-state index contributed by atoms with van der Waals surface area (Å²) >= 11 is 3.50. The molecule has 13 heavy (non-hydrogen) atoms. The molecule has 1 fully saturated rings. The largest absolute Gasteiger partial charge is 0.221 e. The van der Waals surface area contributed by atoms with Gasteiger partial charge in [-0.1, -0.05) is 28.1 Å². The van der Waals surface area contributed by atoms with Crippen LogP contribution in [0.3, 0.4) is 0 Å². The molecule has 2 rings (SSSR count). The van der Waals surface area contributed by atoms with Crippen LogP contribution in [-0.4, -0.2) is 0 Å². The van der Waals surface area contributed by atoms with E-state index in [1.165, 1.54) is 11.1 Å². The van der Waals surface area contributed by atoms with Gasteiger partial charge in [0.1, 0.15) is 6.17 Å². The molecule has 1 aromatic carbocycles. The van der Waals surface area contributed by atoms with Crippen LogP contribution in [0.25, 0.3) is 0 Å². The second-order valence-electron chi connectivity index (χ2n) is 2.98. The average molecular weight is 243 g/mol. The number of halogens is 1. The summed E-state index contributed by atoms with van der Waals surface area (Å²) in [5, 5.41) is 0. The van der Waals surface area contributed by atoms with Crippen LogP contribution in [0.15, 0.2) is 22.7 Å². The van der Waals surface area contributed by atoms with Crippen molar-refractivity contribution in [2.24, 2.45) is 0 Å². The molecule has 1 heterocycles. The molecule has 0 atom stereocenters. The molecule has 70 valence electrons. The van der Waals surface area contributed by atoms with Gasteiger partial charge in [-0.2, -0.15) is 11.1 Å². The van der Waals surface area contributed by atoms with Crippen molar-refractivity contribution < 1.29 is 0 Å². The number of rotatable bonds is 1. The molecule has 0 amide bonds. The molecule has 0 unspecified atom stereocenters. The van der Waals surface area contributed by atoms with E-state index in [2.05, 4.69) is 63.0 Å². The Kier molecular flexibility index (Phi) is 2.61. The van der Waals surface area contributed by atoms with Crippen molar-refractivity contribution in [1.82, 2.24) is 21.9 Å². The van der Waals surface area contributed by atoms with Gasteiger partial charge < -0.3 is 0 Å². The Morgan fingerprint density at radius 3 is 2.54 bits per heavy atom. The van der Waals surface area contributed by atoms with E-state index >= 15 is 0 Å². The maximum absolute atomic E-state index is 3.50. The van der Waals surface area contributed by atoms with Crippen LogP contribution in [0.4, 0.5) is 0 Å². The van der Waals surface area contributed by atoms with Gasteiger partial charge in [0.05, 0.1) is 0 Å². The third-order valence-electron chi connectivity index (χ3n) is 2.02. The first-order valence-corrected chi connectivity index (χ1v) is 4.84. The van der Waals surface area contributed by atoms with Crippen molar-refractivity contribution in [2.45, 2.75) is 13.1 Å². The number of hydrazine groups is 3. The topological polar surface area (TPSA) is 48.1 Å². The lowest BCUT2D eigenvalue weighted by Gasteiger charge is -2.10. The lowest BCUT2D eigenvalue weighted by molar-refractivity contribution is 0.554. The summed E-state index contributed by atoms with van der Waals surface area (Å²) < 4.78 is 1.13. The SMILES string of the molecule is Cc1ccc(C2NNNN2)cc1Br. The minimum Gasteiger partial charge on any atom is -0.221 e. The molecular weight excluding hydrogens is 232 g/mol. The smallest absolute Gasteiger partial charge is 0.111 e. The van der Waals surface area contributed by atoms with Crippen molar-refractivity contribution >= 4 is 15.9 Å². The predicted molar refractivity (Wildman–Crippen MR) is 54.2 cm³/mol. The highest BCUT2D eigenvalue weighted by Gasteiger charge is 2.14. The highest BCUT2D eigenvalue weighted by atomic mass is 79.9. The summed E-state index contributed by atoms with van der Waals surface area (Å²) in [6.07, 6.45) is 0.108. The first kappa shape index (κ1) is 9.11. The molecule has 4 N–H and O–H groups in total. The van der Waals surface area contributed by atoms with Gasteiger partial charge in [0.2, 0.25) is 0 Å². The number of hydrogen-bond acceptors (Lipinski definition) is 4. The fourth-order valence-corrected chi connectivity index (χ4v) is 1.60. The van der Waals surface area contributed by atoms with Crippen molar-refractivity contribution in [1.29, 1.82) is 0 Å². The van der Waals surface area contributed by atoms with Gasteiger partial charge in [-0.3, -0.25) is 0 Å². The van der Waals surface area contributed by atoms with Crippen molar-refractivity contribution in [3.05, 3.63) is 33.8 Å². The fraction of sp³-hybridized carbons (Fsp3) is 0.250. The third kappa shape index (κ3) is 1.90. The first-order valence-electron chi connectivity index (χ1n) is 4.04. The van der Waals surface area contributed by atoms with Gasteiger partial charge in [-0.15, -0.1) is 0 Å². The Bertz CT molecular complexity index is 309. The second-order valence-corrected chi connectivity index (χ2v) is 3.83. The van der Waals surface area contributed by atoms with E-state index in [4.69, 9.17) is 0 Å². The van der Waals surface area contributed by atoms with Crippen molar-refractivity contribution in [2.75, 3.05) is 0 Å². The quantitative estimate of drug-likeness (QED) is 0.591. The molecule has 0 saturated carbocycles. The zero-order valence-electron chi connectivity index (χ0n) is 7.19. The second kappa shape index (κ2) is 3.73. The summed E-state index contributed by atoms with van der Waals surface area (Å²) in [5.74, 6) is 0. The Labute approximate surface area is 85.1 Å². The summed E-state index contributed by atoms with van der Waals surface area (Å²) in [5.41, 5.74) is 14.0. The number of hydrogen-bond donors (Lipinski definition) is 4. The molecule has 1 aromatic rings. The van der Waals surface area contributed by atoms with E-state index in [9.17, 15) is 0 Å². The van der Waals surface area contributed by atoms with Gasteiger partial charge in [0.15, 0.2) is 0 Å². The van der Waals surface area contributed by atoms with Gasteiger partial charge in [-0.05, 0) is 24.1 Å². The molecular formula is C8H11BrN4. The van der Waals surface area contributed by atoms with Crippen molar-refractivity contribution in [3.8, 4) is 0 Å². The first-order chi connectivity index (χ1) is 6.27. The summed E-state index contributed by atoms with van der Waals surface area (Å²) in [6, 6.07) is 6.26. The Morgan fingerprint density at radius 1 is 1.23 bits per heavy atom. The molecule has 0 aromatic heterocycles. The zero-order valence-corrected chi connectivity index (χ0v) is 8.77. The lowest BCUT2D eigenvalue weighted by atomic mass is 10.1. The number of aryl methyl sites for hydroxylation is 1.